The summed E-state index contributed by atoms with van der Waals surface area (Å²) in [5.74, 6) is -0.666. The number of nitrogens with one attached hydrogen (secondary N) is 1. The average molecular weight is 559 g/mol. The van der Waals surface area contributed by atoms with E-state index in [0.29, 0.717) is 5.69 Å². The maximum absolute atomic E-state index is 12.5. The first-order chi connectivity index (χ1) is 13.4. The van der Waals surface area contributed by atoms with Crippen LogP contribution in [0.2, 0.25) is 13.3 Å². The third-order valence-corrected chi connectivity index (χ3v) is 17.9. The molecule has 1 N–H and O–H groups in total. The number of halogens is 1. The van der Waals surface area contributed by atoms with Gasteiger partial charge in [0.1, 0.15) is 0 Å². The van der Waals surface area contributed by atoms with Crippen molar-refractivity contribution in [2.24, 2.45) is 0 Å². The summed E-state index contributed by atoms with van der Waals surface area (Å²) in [7, 11) is 0. The van der Waals surface area contributed by atoms with Crippen molar-refractivity contribution in [1.82, 2.24) is 0 Å². The Morgan fingerprint density at radius 2 is 1.43 bits per heavy atom. The van der Waals surface area contributed by atoms with Crippen LogP contribution in [-0.4, -0.2) is 30.7 Å². The molecule has 0 saturated heterocycles. The van der Waals surface area contributed by atoms with Crippen molar-refractivity contribution in [2.45, 2.75) is 72.6 Å². The van der Waals surface area contributed by atoms with Gasteiger partial charge in [0.05, 0.1) is 0 Å². The molecule has 6 heteroatoms. The van der Waals surface area contributed by atoms with Gasteiger partial charge in [-0.25, -0.2) is 0 Å². The number of unbranched alkanes of at least 4 members (excludes halogenated alkanes) is 3. The molecule has 0 bridgehead atoms. The normalized spacial score (nSPS) is 11.6. The number of rotatable bonds is 13. The summed E-state index contributed by atoms with van der Waals surface area (Å²) in [4.78, 5) is 24.6. The molecule has 28 heavy (non-hydrogen) atoms. The molecule has 0 atom stereocenters. The van der Waals surface area contributed by atoms with Crippen molar-refractivity contribution < 1.29 is 12.7 Å². The molecule has 0 saturated carbocycles. The van der Waals surface area contributed by atoms with Gasteiger partial charge in [-0.1, -0.05) is 0 Å². The Kier molecular flexibility index (Phi) is 12.8. The topological polar surface area (TPSA) is 55.4 Å². The Labute approximate surface area is 183 Å². The van der Waals surface area contributed by atoms with E-state index in [1.165, 1.54) is 12.2 Å². The van der Waals surface area contributed by atoms with E-state index in [2.05, 4.69) is 42.0 Å². The molecule has 0 radical (unpaired) electrons. The number of carbonyl (C=O) groups is 2. The summed E-state index contributed by atoms with van der Waals surface area (Å²) >= 11 is 0.378. The molecule has 156 valence electrons. The van der Waals surface area contributed by atoms with E-state index >= 15 is 0 Å². The summed E-state index contributed by atoms with van der Waals surface area (Å²) in [5, 5.41) is 2.75. The molecule has 1 aromatic rings. The molecule has 1 aromatic carbocycles. The van der Waals surface area contributed by atoms with Crippen LogP contribution in [0.15, 0.2) is 40.9 Å². The van der Waals surface area contributed by atoms with Gasteiger partial charge < -0.3 is 0 Å². The van der Waals surface area contributed by atoms with Crippen molar-refractivity contribution in [1.29, 1.82) is 0 Å². The summed E-state index contributed by atoms with van der Waals surface area (Å²) < 4.78 is 10.4. The van der Waals surface area contributed by atoms with E-state index in [4.69, 9.17) is 3.07 Å². The summed E-state index contributed by atoms with van der Waals surface area (Å²) in [6.45, 7) is 6.55. The third kappa shape index (κ3) is 10.1. The molecule has 0 aromatic heterocycles. The van der Waals surface area contributed by atoms with Crippen LogP contribution < -0.4 is 5.32 Å². The van der Waals surface area contributed by atoms with Gasteiger partial charge in [0.2, 0.25) is 0 Å². The van der Waals surface area contributed by atoms with E-state index in [-0.39, 0.29) is 11.9 Å². The number of carbonyl (C=O) groups excluding carboxylic acids is 2. The summed E-state index contributed by atoms with van der Waals surface area (Å²) in [6, 6.07) is 7.31. The van der Waals surface area contributed by atoms with Gasteiger partial charge in [-0.15, -0.1) is 0 Å². The summed E-state index contributed by atoms with van der Waals surface area (Å²) in [6.07, 6.45) is 9.34. The zero-order valence-corrected chi connectivity index (χ0v) is 21.9. The van der Waals surface area contributed by atoms with Crippen molar-refractivity contribution in [3.63, 3.8) is 0 Å². The molecule has 1 amide bonds. The number of amides is 1. The van der Waals surface area contributed by atoms with E-state index in [1.807, 2.05) is 12.1 Å². The van der Waals surface area contributed by atoms with Gasteiger partial charge in [0.25, 0.3) is 0 Å². The van der Waals surface area contributed by atoms with Crippen LogP contribution in [0.3, 0.4) is 0 Å². The molecular formula is C22H34BrNO3Sn. The van der Waals surface area contributed by atoms with Gasteiger partial charge in [-0.2, -0.15) is 0 Å². The van der Waals surface area contributed by atoms with Gasteiger partial charge in [0, 0.05) is 0 Å². The van der Waals surface area contributed by atoms with Crippen LogP contribution in [0.5, 0.6) is 0 Å². The van der Waals surface area contributed by atoms with Crippen molar-refractivity contribution in [3.05, 3.63) is 40.9 Å². The second kappa shape index (κ2) is 14.2. The Balaban J connectivity index is 2.73. The number of anilines is 1. The fourth-order valence-electron chi connectivity index (χ4n) is 3.13. The quantitative estimate of drug-likeness (QED) is 0.213. The number of benzene rings is 1. The van der Waals surface area contributed by atoms with Crippen molar-refractivity contribution >= 4 is 52.3 Å². The predicted octanol–water partition coefficient (Wildman–Crippen LogP) is 6.83. The average Bonchev–Trinajstić information content (AvgIpc) is 2.69. The Morgan fingerprint density at radius 3 is 1.89 bits per heavy atom. The first-order valence-corrected chi connectivity index (χ1v) is 18.4. The van der Waals surface area contributed by atoms with Crippen molar-refractivity contribution in [2.75, 3.05) is 5.32 Å². The fourth-order valence-corrected chi connectivity index (χ4v) is 16.4. The molecule has 0 aliphatic heterocycles. The van der Waals surface area contributed by atoms with E-state index in [0.717, 1.165) is 56.3 Å². The Bertz CT molecular complexity index is 609. The van der Waals surface area contributed by atoms with Crippen molar-refractivity contribution in [3.8, 4) is 0 Å². The van der Waals surface area contributed by atoms with Crippen LogP contribution in [0.25, 0.3) is 0 Å². The third-order valence-electron chi connectivity index (χ3n) is 4.76. The van der Waals surface area contributed by atoms with Crippen LogP contribution in [-0.2, 0) is 12.7 Å². The predicted molar refractivity (Wildman–Crippen MR) is 123 cm³/mol. The fraction of sp³-hybridized carbons (Fsp3) is 0.545. The Morgan fingerprint density at radius 1 is 0.929 bits per heavy atom. The van der Waals surface area contributed by atoms with Gasteiger partial charge in [-0.05, 0) is 0 Å². The second-order valence-corrected chi connectivity index (χ2v) is 19.8. The first kappa shape index (κ1) is 25.2. The first-order valence-electron chi connectivity index (χ1n) is 10.4. The summed E-state index contributed by atoms with van der Waals surface area (Å²) in [5.41, 5.74) is 0.688. The monoisotopic (exact) mass is 559 g/mol. The van der Waals surface area contributed by atoms with Crippen LogP contribution in [0.1, 0.15) is 59.3 Å². The van der Waals surface area contributed by atoms with Crippen LogP contribution in [0.4, 0.5) is 5.69 Å². The number of hydrogen-bond acceptors (Lipinski definition) is 3. The molecule has 0 unspecified atom stereocenters. The molecule has 0 heterocycles. The SMILES string of the molecule is CCC[CH2][Sn]([CH2]CCC)([CH2]CCC)[O]C(=O)/C=C/C(=O)Nc1ccc(Br)cc1. The van der Waals surface area contributed by atoms with Gasteiger partial charge >= 0.3 is 184 Å². The number of hydrogen-bond donors (Lipinski definition) is 1. The maximum atomic E-state index is 12.5. The molecule has 0 aliphatic rings. The van der Waals surface area contributed by atoms with Crippen LogP contribution in [0, 0.1) is 0 Å². The molecular weight excluding hydrogens is 525 g/mol. The molecule has 0 fully saturated rings. The zero-order chi connectivity index (χ0) is 20.8. The minimum atomic E-state index is -2.98. The van der Waals surface area contributed by atoms with E-state index < -0.39 is 18.8 Å². The van der Waals surface area contributed by atoms with Crippen LogP contribution >= 0.6 is 15.9 Å². The minimum absolute atomic E-state index is 0.323. The molecule has 4 nitrogen and oxygen atoms in total. The molecule has 0 aliphatic carbocycles. The van der Waals surface area contributed by atoms with E-state index in [1.54, 1.807) is 12.1 Å². The standard InChI is InChI=1S/C10H8BrNO3.3C4H9.Sn/c11-7-1-3-8(4-2-7)12-9(13)5-6-10(14)15;3*1-3-4-2;/h1-6H,(H,12,13)(H,14,15);3*1,3-4H2,2H3;/q;;;;+1/p-1/b6-5+;;;;. The van der Waals surface area contributed by atoms with E-state index in [9.17, 15) is 9.59 Å². The second-order valence-electron chi connectivity index (χ2n) is 7.24. The Hall–Kier alpha value is -0.821. The zero-order valence-electron chi connectivity index (χ0n) is 17.4. The molecule has 1 rings (SSSR count). The molecule has 0 spiro atoms. The van der Waals surface area contributed by atoms with Gasteiger partial charge in [-0.3, -0.25) is 0 Å². The van der Waals surface area contributed by atoms with Gasteiger partial charge in [0.15, 0.2) is 0 Å².